The van der Waals surface area contributed by atoms with E-state index in [1.807, 2.05) is 44.2 Å². The van der Waals surface area contributed by atoms with E-state index in [0.29, 0.717) is 12.3 Å². The van der Waals surface area contributed by atoms with Gasteiger partial charge in [0.1, 0.15) is 5.82 Å². The Labute approximate surface area is 138 Å². The number of amides is 1. The number of anilines is 2. The fourth-order valence-electron chi connectivity index (χ4n) is 2.39. The van der Waals surface area contributed by atoms with Gasteiger partial charge in [0.15, 0.2) is 0 Å². The Hall–Kier alpha value is -2.36. The van der Waals surface area contributed by atoms with Gasteiger partial charge in [0.05, 0.1) is 11.9 Å². The minimum Gasteiger partial charge on any atom is -0.353 e. The van der Waals surface area contributed by atoms with Crippen molar-refractivity contribution in [2.24, 2.45) is 5.92 Å². The summed E-state index contributed by atoms with van der Waals surface area (Å²) in [6, 6.07) is 14.2. The molecule has 1 aromatic carbocycles. The van der Waals surface area contributed by atoms with Gasteiger partial charge in [0.2, 0.25) is 5.91 Å². The van der Waals surface area contributed by atoms with Gasteiger partial charge in [0, 0.05) is 19.5 Å². The predicted octanol–water partition coefficient (Wildman–Crippen LogP) is 4.09. The molecule has 1 heterocycles. The number of nitrogens with zero attached hydrogens (tertiary/aromatic N) is 2. The Balaban J connectivity index is 2.01. The molecular formula is C19H25N3O. The minimum absolute atomic E-state index is 0.0335. The van der Waals surface area contributed by atoms with Crippen LogP contribution in [0.5, 0.6) is 0 Å². The predicted molar refractivity (Wildman–Crippen MR) is 95.5 cm³/mol. The molecule has 1 aromatic heterocycles. The molecule has 0 bridgehead atoms. The zero-order valence-electron chi connectivity index (χ0n) is 14.1. The lowest BCUT2D eigenvalue weighted by molar-refractivity contribution is -0.116. The van der Waals surface area contributed by atoms with Crippen LogP contribution in [0, 0.1) is 5.92 Å². The first-order chi connectivity index (χ1) is 11.1. The molecule has 2 rings (SSSR count). The van der Waals surface area contributed by atoms with Crippen LogP contribution < -0.4 is 10.2 Å². The van der Waals surface area contributed by atoms with Crippen molar-refractivity contribution in [2.45, 2.75) is 33.7 Å². The molecule has 1 amide bonds. The number of hydrogen-bond donors (Lipinski definition) is 1. The second-order valence-electron chi connectivity index (χ2n) is 6.05. The highest BCUT2D eigenvalue weighted by molar-refractivity contribution is 5.90. The van der Waals surface area contributed by atoms with Crippen LogP contribution >= 0.6 is 0 Å². The minimum atomic E-state index is 0.0335. The molecule has 0 fully saturated rings. The molecule has 0 spiro atoms. The first-order valence-corrected chi connectivity index (χ1v) is 8.13. The van der Waals surface area contributed by atoms with Gasteiger partial charge in [0.25, 0.3) is 0 Å². The maximum atomic E-state index is 11.8. The Morgan fingerprint density at radius 3 is 2.48 bits per heavy atom. The van der Waals surface area contributed by atoms with E-state index >= 15 is 0 Å². The van der Waals surface area contributed by atoms with E-state index in [4.69, 9.17) is 0 Å². The van der Waals surface area contributed by atoms with E-state index in [2.05, 4.69) is 34.3 Å². The molecule has 0 radical (unpaired) electrons. The fraction of sp³-hybridized carbons (Fsp3) is 0.368. The van der Waals surface area contributed by atoms with E-state index in [0.717, 1.165) is 24.6 Å². The van der Waals surface area contributed by atoms with Crippen molar-refractivity contribution in [1.82, 2.24) is 4.98 Å². The molecule has 0 saturated heterocycles. The van der Waals surface area contributed by atoms with Crippen molar-refractivity contribution >= 4 is 17.4 Å². The van der Waals surface area contributed by atoms with E-state index in [1.165, 1.54) is 5.56 Å². The number of aromatic nitrogens is 1. The molecule has 0 atom stereocenters. The smallest absolute Gasteiger partial charge is 0.224 e. The van der Waals surface area contributed by atoms with Gasteiger partial charge in [-0.15, -0.1) is 0 Å². The standard InChI is InChI=1S/C19H25N3O/c1-4-22(14-16-8-6-5-7-9-16)18-11-10-17(13-20-18)21-19(23)12-15(2)3/h5-11,13,15H,4,12,14H2,1-3H3,(H,21,23). The number of pyridine rings is 1. The molecule has 0 saturated carbocycles. The second kappa shape index (κ2) is 8.32. The molecule has 1 N–H and O–H groups in total. The van der Waals surface area contributed by atoms with Crippen molar-refractivity contribution in [3.63, 3.8) is 0 Å². The Bertz CT molecular complexity index is 608. The second-order valence-corrected chi connectivity index (χ2v) is 6.05. The third-order valence-corrected chi connectivity index (χ3v) is 3.55. The van der Waals surface area contributed by atoms with Gasteiger partial charge in [-0.1, -0.05) is 44.2 Å². The van der Waals surface area contributed by atoms with Crippen molar-refractivity contribution in [3.05, 3.63) is 54.2 Å². The lowest BCUT2D eigenvalue weighted by atomic mass is 10.1. The van der Waals surface area contributed by atoms with Gasteiger partial charge in [-0.25, -0.2) is 4.98 Å². The summed E-state index contributed by atoms with van der Waals surface area (Å²) in [5, 5.41) is 2.89. The highest BCUT2D eigenvalue weighted by Gasteiger charge is 2.08. The molecule has 0 aliphatic carbocycles. The van der Waals surface area contributed by atoms with Crippen LogP contribution in [0.4, 0.5) is 11.5 Å². The molecule has 122 valence electrons. The summed E-state index contributed by atoms with van der Waals surface area (Å²) in [6.45, 7) is 7.88. The Morgan fingerprint density at radius 1 is 1.17 bits per heavy atom. The number of rotatable bonds is 7. The summed E-state index contributed by atoms with van der Waals surface area (Å²) in [4.78, 5) is 18.5. The third kappa shape index (κ3) is 5.40. The summed E-state index contributed by atoms with van der Waals surface area (Å²) in [5.74, 6) is 1.30. The molecular weight excluding hydrogens is 286 g/mol. The van der Waals surface area contributed by atoms with Crippen LogP contribution in [0.15, 0.2) is 48.7 Å². The molecule has 0 aliphatic rings. The summed E-state index contributed by atoms with van der Waals surface area (Å²) in [7, 11) is 0. The normalized spacial score (nSPS) is 10.6. The van der Waals surface area contributed by atoms with Gasteiger partial charge >= 0.3 is 0 Å². The number of benzene rings is 1. The lowest BCUT2D eigenvalue weighted by Crippen LogP contribution is -2.23. The van der Waals surface area contributed by atoms with Crippen molar-refractivity contribution in [3.8, 4) is 0 Å². The molecule has 0 aliphatic heterocycles. The molecule has 4 heteroatoms. The SMILES string of the molecule is CCN(Cc1ccccc1)c1ccc(NC(=O)CC(C)C)cn1. The summed E-state index contributed by atoms with van der Waals surface area (Å²) < 4.78 is 0. The van der Waals surface area contributed by atoms with Gasteiger partial charge in [-0.05, 0) is 30.5 Å². The average molecular weight is 311 g/mol. The quantitative estimate of drug-likeness (QED) is 0.837. The van der Waals surface area contributed by atoms with Crippen LogP contribution in [0.25, 0.3) is 0 Å². The van der Waals surface area contributed by atoms with Gasteiger partial charge < -0.3 is 10.2 Å². The van der Waals surface area contributed by atoms with Crippen LogP contribution in [-0.4, -0.2) is 17.4 Å². The number of carbonyl (C=O) groups excluding carboxylic acids is 1. The van der Waals surface area contributed by atoms with E-state index in [-0.39, 0.29) is 5.91 Å². The fourth-order valence-corrected chi connectivity index (χ4v) is 2.39. The van der Waals surface area contributed by atoms with Crippen molar-refractivity contribution in [2.75, 3.05) is 16.8 Å². The highest BCUT2D eigenvalue weighted by atomic mass is 16.1. The van der Waals surface area contributed by atoms with Crippen LogP contribution in [0.1, 0.15) is 32.8 Å². The van der Waals surface area contributed by atoms with Crippen molar-refractivity contribution < 1.29 is 4.79 Å². The number of nitrogens with one attached hydrogen (secondary N) is 1. The topological polar surface area (TPSA) is 45.2 Å². The van der Waals surface area contributed by atoms with Crippen LogP contribution in [-0.2, 0) is 11.3 Å². The number of hydrogen-bond acceptors (Lipinski definition) is 3. The zero-order valence-corrected chi connectivity index (χ0v) is 14.1. The molecule has 4 nitrogen and oxygen atoms in total. The summed E-state index contributed by atoms with van der Waals surface area (Å²) in [6.07, 6.45) is 2.25. The van der Waals surface area contributed by atoms with Crippen LogP contribution in [0.2, 0.25) is 0 Å². The molecule has 2 aromatic rings. The number of carbonyl (C=O) groups is 1. The van der Waals surface area contributed by atoms with Crippen LogP contribution in [0.3, 0.4) is 0 Å². The Morgan fingerprint density at radius 2 is 1.91 bits per heavy atom. The highest BCUT2D eigenvalue weighted by Crippen LogP contribution is 2.17. The monoisotopic (exact) mass is 311 g/mol. The molecule has 0 unspecified atom stereocenters. The average Bonchev–Trinajstić information content (AvgIpc) is 2.53. The third-order valence-electron chi connectivity index (χ3n) is 3.55. The lowest BCUT2D eigenvalue weighted by Gasteiger charge is -2.22. The summed E-state index contributed by atoms with van der Waals surface area (Å²) in [5.41, 5.74) is 2.00. The van der Waals surface area contributed by atoms with E-state index < -0.39 is 0 Å². The summed E-state index contributed by atoms with van der Waals surface area (Å²) >= 11 is 0. The van der Waals surface area contributed by atoms with Gasteiger partial charge in [-0.3, -0.25) is 4.79 Å². The van der Waals surface area contributed by atoms with E-state index in [9.17, 15) is 4.79 Å². The van der Waals surface area contributed by atoms with Gasteiger partial charge in [-0.2, -0.15) is 0 Å². The maximum Gasteiger partial charge on any atom is 0.224 e. The first-order valence-electron chi connectivity index (χ1n) is 8.13. The first kappa shape index (κ1) is 17.0. The van der Waals surface area contributed by atoms with E-state index in [1.54, 1.807) is 6.20 Å². The Kier molecular flexibility index (Phi) is 6.15. The van der Waals surface area contributed by atoms with Crippen molar-refractivity contribution in [1.29, 1.82) is 0 Å². The largest absolute Gasteiger partial charge is 0.353 e. The molecule has 23 heavy (non-hydrogen) atoms. The maximum absolute atomic E-state index is 11.8. The zero-order chi connectivity index (χ0) is 16.7.